The van der Waals surface area contributed by atoms with Crippen LogP contribution in [0, 0.1) is 20.8 Å². The van der Waals surface area contributed by atoms with Gasteiger partial charge >= 0.3 is 0 Å². The molecule has 6 heteroatoms. The maximum absolute atomic E-state index is 6.02. The third-order valence-electron chi connectivity index (χ3n) is 4.02. The van der Waals surface area contributed by atoms with Crippen LogP contribution in [0.2, 0.25) is 0 Å². The number of rotatable bonds is 4. The van der Waals surface area contributed by atoms with Crippen LogP contribution >= 0.6 is 0 Å². The van der Waals surface area contributed by atoms with Crippen molar-refractivity contribution in [2.24, 2.45) is 0 Å². The molecule has 21 heavy (non-hydrogen) atoms. The molecule has 112 valence electrons. The van der Waals surface area contributed by atoms with Gasteiger partial charge in [-0.25, -0.2) is 9.97 Å². The van der Waals surface area contributed by atoms with E-state index in [2.05, 4.69) is 27.4 Å². The Labute approximate surface area is 124 Å². The van der Waals surface area contributed by atoms with Crippen LogP contribution < -0.4 is 11.1 Å². The largest absolute Gasteiger partial charge is 0.383 e. The van der Waals surface area contributed by atoms with E-state index in [0.29, 0.717) is 11.7 Å². The van der Waals surface area contributed by atoms with Crippen molar-refractivity contribution in [3.8, 4) is 0 Å². The van der Waals surface area contributed by atoms with E-state index in [1.807, 2.05) is 20.8 Å². The number of nitrogens with one attached hydrogen (secondary N) is 1. The van der Waals surface area contributed by atoms with Gasteiger partial charge in [0, 0.05) is 17.0 Å². The van der Waals surface area contributed by atoms with Crippen LogP contribution in [0.5, 0.6) is 0 Å². The number of aromatic nitrogens is 3. The van der Waals surface area contributed by atoms with Gasteiger partial charge in [-0.1, -0.05) is 5.16 Å². The zero-order valence-electron chi connectivity index (χ0n) is 12.9. The summed E-state index contributed by atoms with van der Waals surface area (Å²) in [4.78, 5) is 9.05. The van der Waals surface area contributed by atoms with Crippen LogP contribution in [0.3, 0.4) is 0 Å². The van der Waals surface area contributed by atoms with Gasteiger partial charge in [-0.3, -0.25) is 0 Å². The Morgan fingerprint density at radius 2 is 1.95 bits per heavy atom. The van der Waals surface area contributed by atoms with Crippen LogP contribution in [0.1, 0.15) is 60.1 Å². The van der Waals surface area contributed by atoms with Gasteiger partial charge in [0.1, 0.15) is 23.2 Å². The zero-order chi connectivity index (χ0) is 15.1. The molecule has 3 N–H and O–H groups in total. The Balaban J connectivity index is 1.90. The molecule has 1 fully saturated rings. The smallest absolute Gasteiger partial charge is 0.139 e. The second-order valence-corrected chi connectivity index (χ2v) is 5.82. The monoisotopic (exact) mass is 287 g/mol. The molecule has 1 unspecified atom stereocenters. The van der Waals surface area contributed by atoms with Crippen molar-refractivity contribution in [1.29, 1.82) is 0 Å². The maximum atomic E-state index is 6.02. The third-order valence-corrected chi connectivity index (χ3v) is 4.02. The maximum Gasteiger partial charge on any atom is 0.139 e. The zero-order valence-corrected chi connectivity index (χ0v) is 12.9. The van der Waals surface area contributed by atoms with E-state index in [1.165, 1.54) is 0 Å². The van der Waals surface area contributed by atoms with Gasteiger partial charge in [0.25, 0.3) is 0 Å². The molecular weight excluding hydrogens is 266 g/mol. The summed E-state index contributed by atoms with van der Waals surface area (Å²) in [7, 11) is 0. The summed E-state index contributed by atoms with van der Waals surface area (Å²) in [6.07, 6.45) is 2.31. The standard InChI is InChI=1S/C15H21N5O/c1-7-13(16)18-15(11-5-6-11)19-14(7)17-8(2)12-9(3)20-21-10(12)4/h8,11H,5-6H2,1-4H3,(H3,16,17,18,19). The molecule has 3 rings (SSSR count). The number of nitrogens with zero attached hydrogens (tertiary/aromatic N) is 3. The van der Waals surface area contributed by atoms with Crippen molar-refractivity contribution in [3.05, 3.63) is 28.4 Å². The van der Waals surface area contributed by atoms with E-state index in [-0.39, 0.29) is 6.04 Å². The van der Waals surface area contributed by atoms with Crippen LogP contribution in [0.4, 0.5) is 11.6 Å². The molecule has 2 aromatic heterocycles. The molecule has 1 aliphatic carbocycles. The highest BCUT2D eigenvalue weighted by Crippen LogP contribution is 2.39. The highest BCUT2D eigenvalue weighted by atomic mass is 16.5. The lowest BCUT2D eigenvalue weighted by atomic mass is 10.1. The Bertz CT molecular complexity index is 655. The van der Waals surface area contributed by atoms with Gasteiger partial charge < -0.3 is 15.6 Å². The quantitative estimate of drug-likeness (QED) is 0.898. The minimum Gasteiger partial charge on any atom is -0.383 e. The van der Waals surface area contributed by atoms with Crippen LogP contribution in [0.25, 0.3) is 0 Å². The topological polar surface area (TPSA) is 89.9 Å². The van der Waals surface area contributed by atoms with Crippen LogP contribution in [-0.4, -0.2) is 15.1 Å². The Hall–Kier alpha value is -2.11. The lowest BCUT2D eigenvalue weighted by Gasteiger charge is -2.17. The second-order valence-electron chi connectivity index (χ2n) is 5.82. The van der Waals surface area contributed by atoms with Crippen molar-refractivity contribution in [2.75, 3.05) is 11.1 Å². The predicted molar refractivity (Wildman–Crippen MR) is 81.2 cm³/mol. The fraction of sp³-hybridized carbons (Fsp3) is 0.533. The molecule has 0 aliphatic heterocycles. The van der Waals surface area contributed by atoms with Crippen molar-refractivity contribution >= 4 is 11.6 Å². The van der Waals surface area contributed by atoms with Gasteiger partial charge in [-0.15, -0.1) is 0 Å². The molecule has 0 saturated heterocycles. The lowest BCUT2D eigenvalue weighted by molar-refractivity contribution is 0.392. The molecule has 2 aromatic rings. The summed E-state index contributed by atoms with van der Waals surface area (Å²) in [6.45, 7) is 7.88. The molecule has 0 spiro atoms. The molecule has 0 bridgehead atoms. The minimum atomic E-state index is 0.0521. The summed E-state index contributed by atoms with van der Waals surface area (Å²) < 4.78 is 5.23. The SMILES string of the molecule is Cc1noc(C)c1C(C)Nc1nc(C2CC2)nc(N)c1C. The Morgan fingerprint density at radius 3 is 2.52 bits per heavy atom. The van der Waals surface area contributed by atoms with E-state index in [0.717, 1.165) is 47.1 Å². The number of hydrogen-bond donors (Lipinski definition) is 2. The number of nitrogen functional groups attached to an aromatic ring is 1. The Morgan fingerprint density at radius 1 is 1.24 bits per heavy atom. The minimum absolute atomic E-state index is 0.0521. The highest BCUT2D eigenvalue weighted by Gasteiger charge is 2.28. The molecule has 2 heterocycles. The van der Waals surface area contributed by atoms with Crippen LogP contribution in [0.15, 0.2) is 4.52 Å². The van der Waals surface area contributed by atoms with Crippen LogP contribution in [-0.2, 0) is 0 Å². The second kappa shape index (κ2) is 5.02. The number of nitrogens with two attached hydrogens (primary N) is 1. The van der Waals surface area contributed by atoms with Gasteiger partial charge in [0.2, 0.25) is 0 Å². The average Bonchev–Trinajstić information content (AvgIpc) is 3.21. The number of aryl methyl sites for hydroxylation is 2. The van der Waals surface area contributed by atoms with E-state index in [1.54, 1.807) is 0 Å². The molecule has 1 saturated carbocycles. The lowest BCUT2D eigenvalue weighted by Crippen LogP contribution is -2.13. The summed E-state index contributed by atoms with van der Waals surface area (Å²) in [6, 6.07) is 0.0521. The summed E-state index contributed by atoms with van der Waals surface area (Å²) in [5.74, 6) is 3.52. The van der Waals surface area contributed by atoms with E-state index >= 15 is 0 Å². The number of anilines is 2. The van der Waals surface area contributed by atoms with Crippen molar-refractivity contribution < 1.29 is 4.52 Å². The first-order valence-electron chi connectivity index (χ1n) is 7.30. The van der Waals surface area contributed by atoms with E-state index in [9.17, 15) is 0 Å². The molecule has 0 radical (unpaired) electrons. The summed E-state index contributed by atoms with van der Waals surface area (Å²) >= 11 is 0. The molecule has 0 amide bonds. The summed E-state index contributed by atoms with van der Waals surface area (Å²) in [5.41, 5.74) is 8.87. The molecular formula is C15H21N5O. The van der Waals surface area contributed by atoms with Crippen molar-refractivity contribution in [1.82, 2.24) is 15.1 Å². The van der Waals surface area contributed by atoms with Gasteiger partial charge in [0.05, 0.1) is 11.7 Å². The fourth-order valence-electron chi connectivity index (χ4n) is 2.60. The Kier molecular flexibility index (Phi) is 3.31. The van der Waals surface area contributed by atoms with Gasteiger partial charge in [0.15, 0.2) is 0 Å². The van der Waals surface area contributed by atoms with E-state index < -0.39 is 0 Å². The first kappa shape index (κ1) is 13.9. The molecule has 6 nitrogen and oxygen atoms in total. The predicted octanol–water partition coefficient (Wildman–Crippen LogP) is 3.02. The normalized spacial score (nSPS) is 16.0. The molecule has 1 aliphatic rings. The summed E-state index contributed by atoms with van der Waals surface area (Å²) in [5, 5.41) is 7.43. The molecule has 0 aromatic carbocycles. The van der Waals surface area contributed by atoms with Crippen molar-refractivity contribution in [2.45, 2.75) is 52.5 Å². The van der Waals surface area contributed by atoms with Gasteiger partial charge in [-0.05, 0) is 40.5 Å². The average molecular weight is 287 g/mol. The van der Waals surface area contributed by atoms with Gasteiger partial charge in [-0.2, -0.15) is 0 Å². The first-order valence-corrected chi connectivity index (χ1v) is 7.30. The molecule has 1 atom stereocenters. The number of hydrogen-bond acceptors (Lipinski definition) is 6. The van der Waals surface area contributed by atoms with E-state index in [4.69, 9.17) is 10.3 Å². The highest BCUT2D eigenvalue weighted by molar-refractivity contribution is 5.56. The van der Waals surface area contributed by atoms with Crippen molar-refractivity contribution in [3.63, 3.8) is 0 Å². The third kappa shape index (κ3) is 2.57. The fourth-order valence-corrected chi connectivity index (χ4v) is 2.60. The first-order chi connectivity index (χ1) is 9.97.